The monoisotopic (exact) mass is 289 g/mol. The van der Waals surface area contributed by atoms with E-state index in [-0.39, 0.29) is 12.1 Å². The molecule has 0 amide bonds. The highest BCUT2D eigenvalue weighted by Gasteiger charge is 2.26. The van der Waals surface area contributed by atoms with Crippen LogP contribution in [0.2, 0.25) is 0 Å². The van der Waals surface area contributed by atoms with Crippen LogP contribution in [-0.4, -0.2) is 37.7 Å². The quantitative estimate of drug-likeness (QED) is 0.759. The molecule has 0 radical (unpaired) electrons. The lowest BCUT2D eigenvalue weighted by Crippen LogP contribution is -2.43. The Morgan fingerprint density at radius 1 is 1.33 bits per heavy atom. The highest BCUT2D eigenvalue weighted by molar-refractivity contribution is 5.30. The average Bonchev–Trinajstić information content (AvgIpc) is 2.51. The number of ether oxygens (including phenoxy) is 1. The van der Waals surface area contributed by atoms with Crippen LogP contribution in [0.4, 0.5) is 0 Å². The summed E-state index contributed by atoms with van der Waals surface area (Å²) in [4.78, 5) is 2.28. The minimum Gasteiger partial charge on any atom is -0.383 e. The zero-order valence-corrected chi connectivity index (χ0v) is 13.4. The number of nitrogens with two attached hydrogens (primary N) is 1. The van der Waals surface area contributed by atoms with Crippen molar-refractivity contribution in [1.82, 2.24) is 4.90 Å². The summed E-state index contributed by atoms with van der Waals surface area (Å²) in [6, 6.07) is 10.7. The number of rotatable bonds is 9. The normalized spacial score (nSPS) is 13.9. The third kappa shape index (κ3) is 5.13. The molecule has 0 saturated heterocycles. The van der Waals surface area contributed by atoms with Gasteiger partial charge in [0, 0.05) is 32.7 Å². The molecule has 0 fully saturated rings. The van der Waals surface area contributed by atoms with Crippen molar-refractivity contribution in [2.24, 2.45) is 5.73 Å². The highest BCUT2D eigenvalue weighted by Crippen LogP contribution is 2.27. The first-order valence-corrected chi connectivity index (χ1v) is 7.56. The molecule has 0 heterocycles. The summed E-state index contributed by atoms with van der Waals surface area (Å²) >= 11 is 0. The maximum atomic E-state index is 8.90. The standard InChI is InChI=1S/C17H27N3O/c1-4-16(19)17(15-9-6-5-8-14(15)2)20(11-7-10-18)12-13-21-3/h5-6,8-9,16-17H,4,7,11-13,19H2,1-3H3. The van der Waals surface area contributed by atoms with Crippen molar-refractivity contribution in [3.8, 4) is 6.07 Å². The Balaban J connectivity index is 3.07. The summed E-state index contributed by atoms with van der Waals surface area (Å²) in [5.74, 6) is 0. The van der Waals surface area contributed by atoms with Gasteiger partial charge in [-0.15, -0.1) is 0 Å². The van der Waals surface area contributed by atoms with Crippen molar-refractivity contribution < 1.29 is 4.74 Å². The summed E-state index contributed by atoms with van der Waals surface area (Å²) < 4.78 is 5.22. The van der Waals surface area contributed by atoms with Crippen molar-refractivity contribution in [2.75, 3.05) is 26.8 Å². The van der Waals surface area contributed by atoms with Crippen LogP contribution < -0.4 is 5.73 Å². The van der Waals surface area contributed by atoms with Gasteiger partial charge >= 0.3 is 0 Å². The first-order chi connectivity index (χ1) is 10.2. The summed E-state index contributed by atoms with van der Waals surface area (Å²) in [6.45, 7) is 6.36. The number of nitriles is 1. The molecule has 0 aliphatic carbocycles. The van der Waals surface area contributed by atoms with Crippen LogP contribution in [0.25, 0.3) is 0 Å². The fraction of sp³-hybridized carbons (Fsp3) is 0.588. The molecule has 0 aliphatic heterocycles. The van der Waals surface area contributed by atoms with E-state index in [1.165, 1.54) is 11.1 Å². The van der Waals surface area contributed by atoms with Crippen LogP contribution in [0.5, 0.6) is 0 Å². The number of hydrogen-bond acceptors (Lipinski definition) is 4. The van der Waals surface area contributed by atoms with E-state index in [0.29, 0.717) is 19.6 Å². The molecule has 0 spiro atoms. The van der Waals surface area contributed by atoms with Gasteiger partial charge in [-0.1, -0.05) is 31.2 Å². The van der Waals surface area contributed by atoms with E-state index in [1.54, 1.807) is 7.11 Å². The average molecular weight is 289 g/mol. The van der Waals surface area contributed by atoms with E-state index in [0.717, 1.165) is 13.0 Å². The second kappa shape index (κ2) is 9.51. The highest BCUT2D eigenvalue weighted by atomic mass is 16.5. The van der Waals surface area contributed by atoms with E-state index in [9.17, 15) is 0 Å². The maximum Gasteiger partial charge on any atom is 0.0635 e. The first kappa shape index (κ1) is 17.6. The third-order valence-electron chi connectivity index (χ3n) is 3.87. The molecule has 21 heavy (non-hydrogen) atoms. The lowest BCUT2D eigenvalue weighted by Gasteiger charge is -2.36. The van der Waals surface area contributed by atoms with Gasteiger partial charge in [-0.2, -0.15) is 5.26 Å². The molecule has 4 nitrogen and oxygen atoms in total. The van der Waals surface area contributed by atoms with Gasteiger partial charge in [0.05, 0.1) is 18.7 Å². The molecule has 116 valence electrons. The fourth-order valence-electron chi connectivity index (χ4n) is 2.63. The number of nitrogens with zero attached hydrogens (tertiary/aromatic N) is 2. The molecule has 2 atom stereocenters. The van der Waals surface area contributed by atoms with Crippen molar-refractivity contribution in [3.63, 3.8) is 0 Å². The lowest BCUT2D eigenvalue weighted by molar-refractivity contribution is 0.109. The summed E-state index contributed by atoms with van der Waals surface area (Å²) in [7, 11) is 1.70. The molecule has 0 aromatic heterocycles. The third-order valence-corrected chi connectivity index (χ3v) is 3.87. The fourth-order valence-corrected chi connectivity index (χ4v) is 2.63. The summed E-state index contributed by atoms with van der Waals surface area (Å²) in [6.07, 6.45) is 1.40. The van der Waals surface area contributed by atoms with Crippen molar-refractivity contribution in [1.29, 1.82) is 5.26 Å². The number of aryl methyl sites for hydroxylation is 1. The van der Waals surface area contributed by atoms with Gasteiger partial charge in [-0.3, -0.25) is 4.90 Å². The molecule has 2 N–H and O–H groups in total. The Kier molecular flexibility index (Phi) is 7.99. The van der Waals surface area contributed by atoms with Gasteiger partial charge in [0.2, 0.25) is 0 Å². The summed E-state index contributed by atoms with van der Waals surface area (Å²) in [5.41, 5.74) is 8.89. The van der Waals surface area contributed by atoms with Gasteiger partial charge in [0.1, 0.15) is 0 Å². The topological polar surface area (TPSA) is 62.3 Å². The van der Waals surface area contributed by atoms with Crippen LogP contribution in [0, 0.1) is 18.3 Å². The SMILES string of the molecule is CCC(N)C(c1ccccc1C)N(CCC#N)CCOC. The zero-order valence-electron chi connectivity index (χ0n) is 13.4. The van der Waals surface area contributed by atoms with Gasteiger partial charge in [0.15, 0.2) is 0 Å². The van der Waals surface area contributed by atoms with E-state index in [2.05, 4.69) is 43.0 Å². The first-order valence-electron chi connectivity index (χ1n) is 7.56. The minimum atomic E-state index is 0.0432. The van der Waals surface area contributed by atoms with Crippen molar-refractivity contribution in [3.05, 3.63) is 35.4 Å². The Labute approximate surface area is 128 Å². The van der Waals surface area contributed by atoms with Gasteiger partial charge < -0.3 is 10.5 Å². The zero-order chi connectivity index (χ0) is 15.7. The second-order valence-corrected chi connectivity index (χ2v) is 5.31. The molecule has 4 heteroatoms. The van der Waals surface area contributed by atoms with E-state index in [4.69, 9.17) is 15.7 Å². The molecule has 2 unspecified atom stereocenters. The minimum absolute atomic E-state index is 0.0432. The van der Waals surface area contributed by atoms with Crippen LogP contribution in [0.1, 0.15) is 36.9 Å². The molecule has 1 aromatic carbocycles. The van der Waals surface area contributed by atoms with Crippen molar-refractivity contribution >= 4 is 0 Å². The van der Waals surface area contributed by atoms with Crippen LogP contribution in [0.15, 0.2) is 24.3 Å². The van der Waals surface area contributed by atoms with Crippen LogP contribution in [-0.2, 0) is 4.74 Å². The molecular weight excluding hydrogens is 262 g/mol. The van der Waals surface area contributed by atoms with E-state index in [1.807, 2.05) is 6.07 Å². The predicted molar refractivity (Wildman–Crippen MR) is 85.9 cm³/mol. The predicted octanol–water partition coefficient (Wildman–Crippen LogP) is 2.64. The number of hydrogen-bond donors (Lipinski definition) is 1. The van der Waals surface area contributed by atoms with Gasteiger partial charge in [-0.05, 0) is 24.5 Å². The van der Waals surface area contributed by atoms with Crippen LogP contribution in [0.3, 0.4) is 0 Å². The smallest absolute Gasteiger partial charge is 0.0635 e. The summed E-state index contributed by atoms with van der Waals surface area (Å²) in [5, 5.41) is 8.90. The molecule has 1 rings (SSSR count). The van der Waals surface area contributed by atoms with Gasteiger partial charge in [0.25, 0.3) is 0 Å². The van der Waals surface area contributed by atoms with E-state index >= 15 is 0 Å². The van der Waals surface area contributed by atoms with E-state index < -0.39 is 0 Å². The molecular formula is C17H27N3O. The molecule has 0 bridgehead atoms. The molecule has 0 saturated carbocycles. The molecule has 0 aliphatic rings. The largest absolute Gasteiger partial charge is 0.383 e. The van der Waals surface area contributed by atoms with Crippen LogP contribution >= 0.6 is 0 Å². The Morgan fingerprint density at radius 3 is 2.62 bits per heavy atom. The Bertz CT molecular complexity index is 456. The molecule has 1 aromatic rings. The number of benzene rings is 1. The lowest BCUT2D eigenvalue weighted by atomic mass is 9.92. The Morgan fingerprint density at radius 2 is 2.05 bits per heavy atom. The number of methoxy groups -OCH3 is 1. The van der Waals surface area contributed by atoms with Crippen molar-refractivity contribution in [2.45, 2.75) is 38.8 Å². The maximum absolute atomic E-state index is 8.90. The van der Waals surface area contributed by atoms with Gasteiger partial charge in [-0.25, -0.2) is 0 Å². The second-order valence-electron chi connectivity index (χ2n) is 5.31. The Hall–Kier alpha value is -1.41.